The highest BCUT2D eigenvalue weighted by Gasteiger charge is 2.32. The normalized spacial score (nSPS) is 17.0. The Morgan fingerprint density at radius 3 is 2.38 bits per heavy atom. The number of amides is 1. The van der Waals surface area contributed by atoms with Crippen LogP contribution in [0.3, 0.4) is 0 Å². The molecule has 2 heterocycles. The Balaban J connectivity index is 1.98. The minimum Gasteiger partial charge on any atom is -0.395 e. The average Bonchev–Trinajstić information content (AvgIpc) is 2.47. The number of β-amino-alcohol motifs (C(OH)–C–C–N with tert-alkyl or cyclic N) is 1. The fourth-order valence-electron chi connectivity index (χ4n) is 2.19. The van der Waals surface area contributed by atoms with Gasteiger partial charge in [-0.3, -0.25) is 14.7 Å². The third-order valence-corrected chi connectivity index (χ3v) is 3.38. The predicted octanol–water partition coefficient (Wildman–Crippen LogP) is 0.850. The van der Waals surface area contributed by atoms with Crippen LogP contribution < -0.4 is 0 Å². The summed E-state index contributed by atoms with van der Waals surface area (Å²) in [5.41, 5.74) is -0.856. The fourth-order valence-corrected chi connectivity index (χ4v) is 2.19. The molecule has 0 unspecified atom stereocenters. The van der Waals surface area contributed by atoms with Crippen LogP contribution in [0.5, 0.6) is 0 Å². The molecule has 1 aliphatic heterocycles. The number of halogens is 3. The summed E-state index contributed by atoms with van der Waals surface area (Å²) in [5, 5.41) is 8.84. The highest BCUT2D eigenvalue weighted by Crippen LogP contribution is 2.27. The summed E-state index contributed by atoms with van der Waals surface area (Å²) >= 11 is 0. The van der Waals surface area contributed by atoms with Gasteiger partial charge >= 0.3 is 6.18 Å². The predicted molar refractivity (Wildman–Crippen MR) is 68.7 cm³/mol. The van der Waals surface area contributed by atoms with Crippen molar-refractivity contribution in [1.29, 1.82) is 0 Å². The molecule has 1 fully saturated rings. The standard InChI is InChI=1S/C13H16F3N3O2/c14-13(15,16)11-2-1-10(9-17-11)12(21)19-5-3-18(4-6-19)7-8-20/h1-2,9,20H,3-8H2. The summed E-state index contributed by atoms with van der Waals surface area (Å²) in [5.74, 6) is -0.320. The first kappa shape index (κ1) is 15.7. The Morgan fingerprint density at radius 2 is 1.90 bits per heavy atom. The lowest BCUT2D eigenvalue weighted by molar-refractivity contribution is -0.141. The van der Waals surface area contributed by atoms with Gasteiger partial charge in [0.05, 0.1) is 12.2 Å². The number of aromatic nitrogens is 1. The topological polar surface area (TPSA) is 56.7 Å². The minimum atomic E-state index is -4.50. The van der Waals surface area contributed by atoms with Gasteiger partial charge < -0.3 is 10.0 Å². The average molecular weight is 303 g/mol. The Bertz CT molecular complexity index is 482. The first-order valence-corrected chi connectivity index (χ1v) is 6.57. The SMILES string of the molecule is O=C(c1ccc(C(F)(F)F)nc1)N1CCN(CCO)CC1. The highest BCUT2D eigenvalue weighted by atomic mass is 19.4. The zero-order chi connectivity index (χ0) is 15.5. The molecule has 21 heavy (non-hydrogen) atoms. The van der Waals surface area contributed by atoms with Gasteiger partial charge in [-0.25, -0.2) is 0 Å². The molecule has 0 radical (unpaired) electrons. The number of hydrogen-bond donors (Lipinski definition) is 1. The van der Waals surface area contributed by atoms with Gasteiger partial charge in [-0.2, -0.15) is 13.2 Å². The molecule has 1 N–H and O–H groups in total. The van der Waals surface area contributed by atoms with Crippen LogP contribution in [0.25, 0.3) is 0 Å². The summed E-state index contributed by atoms with van der Waals surface area (Å²) in [4.78, 5) is 19.1. The van der Waals surface area contributed by atoms with E-state index in [1.165, 1.54) is 0 Å². The number of aliphatic hydroxyl groups is 1. The van der Waals surface area contributed by atoms with Crippen LogP contribution in [-0.4, -0.2) is 65.1 Å². The second kappa shape index (κ2) is 6.40. The second-order valence-corrected chi connectivity index (χ2v) is 4.79. The van der Waals surface area contributed by atoms with Gasteiger partial charge in [0.15, 0.2) is 0 Å². The summed E-state index contributed by atoms with van der Waals surface area (Å²) in [7, 11) is 0. The van der Waals surface area contributed by atoms with Crippen LogP contribution in [0.4, 0.5) is 13.2 Å². The van der Waals surface area contributed by atoms with E-state index < -0.39 is 11.9 Å². The fraction of sp³-hybridized carbons (Fsp3) is 0.538. The zero-order valence-corrected chi connectivity index (χ0v) is 11.3. The van der Waals surface area contributed by atoms with Crippen molar-refractivity contribution in [2.24, 2.45) is 0 Å². The van der Waals surface area contributed by atoms with Crippen molar-refractivity contribution in [2.75, 3.05) is 39.3 Å². The van der Waals surface area contributed by atoms with Crippen molar-refractivity contribution in [1.82, 2.24) is 14.8 Å². The van der Waals surface area contributed by atoms with Gasteiger partial charge in [0.25, 0.3) is 5.91 Å². The molecule has 0 aromatic carbocycles. The van der Waals surface area contributed by atoms with Gasteiger partial charge in [-0.05, 0) is 12.1 Å². The molecule has 1 aromatic heterocycles. The summed E-state index contributed by atoms with van der Waals surface area (Å²) in [6.07, 6.45) is -3.54. The molecule has 1 aliphatic rings. The number of hydrogen-bond acceptors (Lipinski definition) is 4. The molecule has 0 bridgehead atoms. The van der Waals surface area contributed by atoms with E-state index in [1.54, 1.807) is 4.90 Å². The number of pyridine rings is 1. The number of rotatable bonds is 3. The van der Waals surface area contributed by atoms with Crippen molar-refractivity contribution in [3.63, 3.8) is 0 Å². The van der Waals surface area contributed by atoms with Crippen molar-refractivity contribution >= 4 is 5.91 Å². The van der Waals surface area contributed by atoms with E-state index in [0.29, 0.717) is 32.7 Å². The molecule has 0 aliphatic carbocycles. The first-order valence-electron chi connectivity index (χ1n) is 6.57. The van der Waals surface area contributed by atoms with Gasteiger partial charge in [0.2, 0.25) is 0 Å². The second-order valence-electron chi connectivity index (χ2n) is 4.79. The van der Waals surface area contributed by atoms with E-state index in [4.69, 9.17) is 5.11 Å². The van der Waals surface area contributed by atoms with E-state index in [9.17, 15) is 18.0 Å². The van der Waals surface area contributed by atoms with E-state index in [0.717, 1.165) is 18.3 Å². The summed E-state index contributed by atoms with van der Waals surface area (Å²) in [6.45, 7) is 2.88. The number of piperazine rings is 1. The number of alkyl halides is 3. The monoisotopic (exact) mass is 303 g/mol. The van der Waals surface area contributed by atoms with Crippen LogP contribution in [0.2, 0.25) is 0 Å². The van der Waals surface area contributed by atoms with Gasteiger partial charge in [0.1, 0.15) is 5.69 Å². The molecule has 1 amide bonds. The Kier molecular flexibility index (Phi) is 4.79. The maximum atomic E-state index is 12.4. The largest absolute Gasteiger partial charge is 0.433 e. The lowest BCUT2D eigenvalue weighted by Crippen LogP contribution is -2.49. The Labute approximate surface area is 120 Å². The third kappa shape index (κ3) is 3.92. The van der Waals surface area contributed by atoms with Crippen molar-refractivity contribution in [3.8, 4) is 0 Å². The van der Waals surface area contributed by atoms with Crippen molar-refractivity contribution < 1.29 is 23.1 Å². The van der Waals surface area contributed by atoms with Crippen molar-refractivity contribution in [2.45, 2.75) is 6.18 Å². The molecular weight excluding hydrogens is 287 g/mol. The zero-order valence-electron chi connectivity index (χ0n) is 11.3. The van der Waals surface area contributed by atoms with Crippen molar-refractivity contribution in [3.05, 3.63) is 29.6 Å². The summed E-state index contributed by atoms with van der Waals surface area (Å²) < 4.78 is 37.2. The molecule has 0 spiro atoms. The minimum absolute atomic E-state index is 0.0662. The molecular formula is C13H16F3N3O2. The van der Waals surface area contributed by atoms with Crippen LogP contribution in [0, 0.1) is 0 Å². The van der Waals surface area contributed by atoms with Gasteiger partial charge in [-0.1, -0.05) is 0 Å². The number of aliphatic hydroxyl groups excluding tert-OH is 1. The summed E-state index contributed by atoms with van der Waals surface area (Å²) in [6, 6.07) is 1.97. The number of carbonyl (C=O) groups is 1. The Hall–Kier alpha value is -1.67. The maximum Gasteiger partial charge on any atom is 0.433 e. The molecule has 2 rings (SSSR count). The highest BCUT2D eigenvalue weighted by molar-refractivity contribution is 5.94. The van der Waals surface area contributed by atoms with Gasteiger partial charge in [-0.15, -0.1) is 0 Å². The van der Waals surface area contributed by atoms with Crippen LogP contribution >= 0.6 is 0 Å². The van der Waals surface area contributed by atoms with Gasteiger partial charge in [0, 0.05) is 38.9 Å². The number of carbonyl (C=O) groups excluding carboxylic acids is 1. The van der Waals surface area contributed by atoms with E-state index in [2.05, 4.69) is 4.98 Å². The van der Waals surface area contributed by atoms with Crippen LogP contribution in [0.1, 0.15) is 16.1 Å². The molecule has 1 aromatic rings. The lowest BCUT2D eigenvalue weighted by atomic mass is 10.2. The Morgan fingerprint density at radius 1 is 1.24 bits per heavy atom. The quantitative estimate of drug-likeness (QED) is 0.899. The van der Waals surface area contributed by atoms with Crippen LogP contribution in [0.15, 0.2) is 18.3 Å². The molecule has 116 valence electrons. The van der Waals surface area contributed by atoms with E-state index >= 15 is 0 Å². The number of nitrogens with zero attached hydrogens (tertiary/aromatic N) is 3. The van der Waals surface area contributed by atoms with E-state index in [1.807, 2.05) is 4.90 Å². The lowest BCUT2D eigenvalue weighted by Gasteiger charge is -2.34. The molecule has 0 saturated carbocycles. The third-order valence-electron chi connectivity index (χ3n) is 3.38. The smallest absolute Gasteiger partial charge is 0.395 e. The maximum absolute atomic E-state index is 12.4. The first-order chi connectivity index (χ1) is 9.91. The molecule has 8 heteroatoms. The van der Waals surface area contributed by atoms with Crippen LogP contribution in [-0.2, 0) is 6.18 Å². The molecule has 0 atom stereocenters. The molecule has 1 saturated heterocycles. The molecule has 5 nitrogen and oxygen atoms in total. The van der Waals surface area contributed by atoms with E-state index in [-0.39, 0.29) is 18.1 Å².